The highest BCUT2D eigenvalue weighted by Gasteiger charge is 2.23. The molecule has 0 aliphatic heterocycles. The van der Waals surface area contributed by atoms with Gasteiger partial charge in [-0.25, -0.2) is 10.1 Å². The van der Waals surface area contributed by atoms with Crippen LogP contribution in [0, 0.1) is 0 Å². The van der Waals surface area contributed by atoms with Crippen molar-refractivity contribution < 1.29 is 9.90 Å². The van der Waals surface area contributed by atoms with E-state index in [0.29, 0.717) is 11.3 Å². The SMILES string of the molecule is CC(C)(C)c1cc(C(=O)N/N=C/c2cccc(O)c2)n(-c2ccccc2)n1. The molecule has 0 radical (unpaired) electrons. The highest BCUT2D eigenvalue weighted by Crippen LogP contribution is 2.23. The van der Waals surface area contributed by atoms with Gasteiger partial charge < -0.3 is 5.11 Å². The minimum Gasteiger partial charge on any atom is -0.508 e. The normalized spacial score (nSPS) is 11.7. The molecule has 1 heterocycles. The van der Waals surface area contributed by atoms with Crippen LogP contribution in [0.1, 0.15) is 42.5 Å². The number of phenols is 1. The Morgan fingerprint density at radius 2 is 1.85 bits per heavy atom. The molecule has 0 atom stereocenters. The Morgan fingerprint density at radius 1 is 1.11 bits per heavy atom. The molecule has 0 saturated heterocycles. The van der Waals surface area contributed by atoms with E-state index < -0.39 is 0 Å². The van der Waals surface area contributed by atoms with Gasteiger partial charge in [0, 0.05) is 5.41 Å². The van der Waals surface area contributed by atoms with Crippen molar-refractivity contribution in [1.29, 1.82) is 0 Å². The molecule has 3 rings (SSSR count). The summed E-state index contributed by atoms with van der Waals surface area (Å²) in [6.45, 7) is 6.14. The summed E-state index contributed by atoms with van der Waals surface area (Å²) in [6.07, 6.45) is 1.48. The van der Waals surface area contributed by atoms with Gasteiger partial charge in [0.1, 0.15) is 11.4 Å². The first-order valence-electron chi connectivity index (χ1n) is 8.63. The maximum atomic E-state index is 12.7. The van der Waals surface area contributed by atoms with Gasteiger partial charge in [0.05, 0.1) is 17.6 Å². The number of amides is 1. The first-order chi connectivity index (χ1) is 12.8. The molecule has 0 spiro atoms. The average Bonchev–Trinajstić information content (AvgIpc) is 3.08. The van der Waals surface area contributed by atoms with Gasteiger partial charge in [-0.05, 0) is 35.9 Å². The number of rotatable bonds is 4. The van der Waals surface area contributed by atoms with Crippen LogP contribution in [0.25, 0.3) is 5.69 Å². The molecule has 0 aliphatic carbocycles. The molecule has 0 aliphatic rings. The molecule has 0 saturated carbocycles. The largest absolute Gasteiger partial charge is 0.508 e. The van der Waals surface area contributed by atoms with Crippen LogP contribution in [0.5, 0.6) is 5.75 Å². The van der Waals surface area contributed by atoms with Crippen molar-refractivity contribution in [2.45, 2.75) is 26.2 Å². The number of hydrogen-bond donors (Lipinski definition) is 2. The number of hydrogen-bond acceptors (Lipinski definition) is 4. The minimum absolute atomic E-state index is 0.141. The summed E-state index contributed by atoms with van der Waals surface area (Å²) in [5.41, 5.74) is 5.03. The molecule has 138 valence electrons. The monoisotopic (exact) mass is 362 g/mol. The molecule has 0 bridgehead atoms. The van der Waals surface area contributed by atoms with Crippen molar-refractivity contribution in [1.82, 2.24) is 15.2 Å². The number of carbonyl (C=O) groups excluding carboxylic acids is 1. The van der Waals surface area contributed by atoms with E-state index in [1.807, 2.05) is 51.1 Å². The lowest BCUT2D eigenvalue weighted by Crippen LogP contribution is -2.21. The van der Waals surface area contributed by atoms with Crippen LogP contribution < -0.4 is 5.43 Å². The smallest absolute Gasteiger partial charge is 0.290 e. The fraction of sp³-hybridized carbons (Fsp3) is 0.190. The zero-order valence-corrected chi connectivity index (χ0v) is 15.5. The van der Waals surface area contributed by atoms with Crippen molar-refractivity contribution in [3.63, 3.8) is 0 Å². The topological polar surface area (TPSA) is 79.5 Å². The third kappa shape index (κ3) is 4.41. The molecule has 2 N–H and O–H groups in total. The molecule has 0 unspecified atom stereocenters. The number of benzene rings is 2. The van der Waals surface area contributed by atoms with E-state index >= 15 is 0 Å². The van der Waals surface area contributed by atoms with E-state index in [9.17, 15) is 9.90 Å². The predicted molar refractivity (Wildman–Crippen MR) is 105 cm³/mol. The van der Waals surface area contributed by atoms with Crippen LogP contribution in [-0.4, -0.2) is 27.0 Å². The first kappa shape index (κ1) is 18.4. The molecule has 1 amide bonds. The minimum atomic E-state index is -0.363. The fourth-order valence-corrected chi connectivity index (χ4v) is 2.50. The van der Waals surface area contributed by atoms with Gasteiger partial charge in [0.2, 0.25) is 0 Å². The van der Waals surface area contributed by atoms with E-state index in [2.05, 4.69) is 15.6 Å². The summed E-state index contributed by atoms with van der Waals surface area (Å²) in [7, 11) is 0. The van der Waals surface area contributed by atoms with Gasteiger partial charge in [0.15, 0.2) is 0 Å². The third-order valence-corrected chi connectivity index (χ3v) is 3.96. The summed E-state index contributed by atoms with van der Waals surface area (Å²) < 4.78 is 1.62. The van der Waals surface area contributed by atoms with E-state index in [4.69, 9.17) is 0 Å². The van der Waals surface area contributed by atoms with Crippen molar-refractivity contribution in [2.75, 3.05) is 0 Å². The molecular formula is C21H22N4O2. The van der Waals surface area contributed by atoms with E-state index in [-0.39, 0.29) is 17.1 Å². The maximum absolute atomic E-state index is 12.7. The second-order valence-electron chi connectivity index (χ2n) is 7.21. The summed E-state index contributed by atoms with van der Waals surface area (Å²) in [6, 6.07) is 17.9. The van der Waals surface area contributed by atoms with Crippen molar-refractivity contribution >= 4 is 12.1 Å². The number of carbonyl (C=O) groups is 1. The number of aromatic nitrogens is 2. The van der Waals surface area contributed by atoms with Gasteiger partial charge in [-0.1, -0.05) is 51.1 Å². The Balaban J connectivity index is 1.88. The number of phenolic OH excluding ortho intramolecular Hbond substituents is 1. The Hall–Kier alpha value is -3.41. The number of aromatic hydroxyl groups is 1. The van der Waals surface area contributed by atoms with Crippen LogP contribution in [0.4, 0.5) is 0 Å². The Bertz CT molecular complexity index is 969. The van der Waals surface area contributed by atoms with Gasteiger partial charge in [0.25, 0.3) is 5.91 Å². The zero-order chi connectivity index (χ0) is 19.4. The number of hydrazone groups is 1. The van der Waals surface area contributed by atoms with Gasteiger partial charge >= 0.3 is 0 Å². The third-order valence-electron chi connectivity index (χ3n) is 3.96. The summed E-state index contributed by atoms with van der Waals surface area (Å²) in [5.74, 6) is -0.222. The zero-order valence-electron chi connectivity index (χ0n) is 15.5. The van der Waals surface area contributed by atoms with Gasteiger partial charge in [-0.3, -0.25) is 4.79 Å². The van der Waals surface area contributed by atoms with E-state index in [0.717, 1.165) is 11.4 Å². The van der Waals surface area contributed by atoms with Gasteiger partial charge in [-0.15, -0.1) is 0 Å². The summed E-state index contributed by atoms with van der Waals surface area (Å²) >= 11 is 0. The predicted octanol–water partition coefficient (Wildman–Crippen LogP) is 3.64. The Labute approximate surface area is 158 Å². The van der Waals surface area contributed by atoms with Crippen molar-refractivity contribution in [3.8, 4) is 11.4 Å². The van der Waals surface area contributed by atoms with Crippen LogP contribution >= 0.6 is 0 Å². The van der Waals surface area contributed by atoms with Crippen molar-refractivity contribution in [3.05, 3.63) is 77.6 Å². The van der Waals surface area contributed by atoms with Crippen LogP contribution in [0.2, 0.25) is 0 Å². The molecular weight excluding hydrogens is 340 g/mol. The van der Waals surface area contributed by atoms with E-state index in [1.165, 1.54) is 6.21 Å². The lowest BCUT2D eigenvalue weighted by molar-refractivity contribution is 0.0947. The second-order valence-corrected chi connectivity index (χ2v) is 7.21. The molecule has 27 heavy (non-hydrogen) atoms. The molecule has 3 aromatic rings. The molecule has 6 nitrogen and oxygen atoms in total. The number of nitrogens with zero attached hydrogens (tertiary/aromatic N) is 3. The average molecular weight is 362 g/mol. The highest BCUT2D eigenvalue weighted by atomic mass is 16.3. The maximum Gasteiger partial charge on any atom is 0.290 e. The molecule has 6 heteroatoms. The first-order valence-corrected chi connectivity index (χ1v) is 8.63. The fourth-order valence-electron chi connectivity index (χ4n) is 2.50. The van der Waals surface area contributed by atoms with Crippen LogP contribution in [-0.2, 0) is 5.41 Å². The molecule has 0 fully saturated rings. The molecule has 1 aromatic heterocycles. The van der Waals surface area contributed by atoms with Crippen LogP contribution in [0.15, 0.2) is 65.8 Å². The Kier molecular flexibility index (Phi) is 5.07. The number of nitrogens with one attached hydrogen (secondary N) is 1. The van der Waals surface area contributed by atoms with Gasteiger partial charge in [-0.2, -0.15) is 10.2 Å². The number of para-hydroxylation sites is 1. The quantitative estimate of drug-likeness (QED) is 0.549. The summed E-state index contributed by atoms with van der Waals surface area (Å²) in [5, 5.41) is 18.1. The summed E-state index contributed by atoms with van der Waals surface area (Å²) in [4.78, 5) is 12.7. The van der Waals surface area contributed by atoms with E-state index in [1.54, 1.807) is 35.0 Å². The molecule has 2 aromatic carbocycles. The second kappa shape index (κ2) is 7.45. The standard InChI is InChI=1S/C21H22N4O2/c1-21(2,3)19-13-18(25(24-19)16-9-5-4-6-10-16)20(27)23-22-14-15-8-7-11-17(26)12-15/h4-14,26H,1-3H3,(H,23,27)/b22-14+. The lowest BCUT2D eigenvalue weighted by Gasteiger charge is -2.14. The van der Waals surface area contributed by atoms with Crippen LogP contribution in [0.3, 0.4) is 0 Å². The highest BCUT2D eigenvalue weighted by molar-refractivity contribution is 5.94. The van der Waals surface area contributed by atoms with Crippen molar-refractivity contribution in [2.24, 2.45) is 5.10 Å². The lowest BCUT2D eigenvalue weighted by atomic mass is 9.92. The Morgan fingerprint density at radius 3 is 2.52 bits per heavy atom.